The number of ether oxygens (including phenoxy) is 2. The fourth-order valence-electron chi connectivity index (χ4n) is 8.53. The Balaban J connectivity index is 1.05. The van der Waals surface area contributed by atoms with Gasteiger partial charge in [0.05, 0.1) is 24.4 Å². The molecule has 4 saturated carbocycles. The number of thioether (sulfide) groups is 1. The zero-order chi connectivity index (χ0) is 31.8. The number of hydrogen-bond acceptors (Lipinski definition) is 7. The molecule has 2 aromatic carbocycles. The number of pyridine rings is 1. The van der Waals surface area contributed by atoms with Crippen LogP contribution in [0.5, 0.6) is 0 Å². The zero-order valence-corrected chi connectivity index (χ0v) is 26.7. The molecule has 0 radical (unpaired) electrons. The summed E-state index contributed by atoms with van der Waals surface area (Å²) in [4.78, 5) is 29.2. The summed E-state index contributed by atoms with van der Waals surface area (Å²) in [7, 11) is 0. The first-order chi connectivity index (χ1) is 22.3. The first kappa shape index (κ1) is 31.2. The van der Waals surface area contributed by atoms with Crippen LogP contribution >= 0.6 is 11.8 Å². The van der Waals surface area contributed by atoms with Gasteiger partial charge in [0.15, 0.2) is 6.29 Å². The summed E-state index contributed by atoms with van der Waals surface area (Å²) in [5.74, 6) is 1.67. The lowest BCUT2D eigenvalue weighted by molar-refractivity contribution is -0.268. The molecule has 242 valence electrons. The number of anilines is 1. The van der Waals surface area contributed by atoms with Gasteiger partial charge < -0.3 is 30.3 Å². The largest absolute Gasteiger partial charge is 0.478 e. The number of aliphatic hydroxyl groups excluding tert-OH is 1. The average Bonchev–Trinajstić information content (AvgIpc) is 3.04. The van der Waals surface area contributed by atoms with Crippen LogP contribution < -0.4 is 10.6 Å². The van der Waals surface area contributed by atoms with Crippen molar-refractivity contribution in [2.75, 3.05) is 11.1 Å². The standard InChI is InChI=1S/C36H41N3O6S/c1-21-30(20-46-32-29(33(41)42)3-2-12-37-32)44-34(45-31(21)26-6-4-22(19-40)5-7-26)27-8-10-28(11-9-27)38-35(43)39-36-16-23-13-24(17-36)15-25(14-23)18-36/h2-12,21,23-25,30-31,34,40H,13-20H2,1H3,(H,41,42)(H2,38,39,43)/t21-,23?,24?,25?,30+,31+,34+,36?/m0/s1. The van der Waals surface area contributed by atoms with Crippen molar-refractivity contribution in [3.8, 4) is 0 Å². The van der Waals surface area contributed by atoms with Crippen LogP contribution in [0.25, 0.3) is 0 Å². The Kier molecular flexibility index (Phi) is 8.80. The Bertz CT molecular complexity index is 1530. The van der Waals surface area contributed by atoms with Crippen LogP contribution in [0.3, 0.4) is 0 Å². The van der Waals surface area contributed by atoms with Crippen molar-refractivity contribution < 1.29 is 29.3 Å². The van der Waals surface area contributed by atoms with Gasteiger partial charge in [-0.15, -0.1) is 11.8 Å². The minimum absolute atomic E-state index is 0.0384. The van der Waals surface area contributed by atoms with Crippen LogP contribution in [0.1, 0.15) is 84.9 Å². The maximum atomic E-state index is 13.1. The van der Waals surface area contributed by atoms with Gasteiger partial charge in [0.25, 0.3) is 0 Å². The Hall–Kier alpha value is -3.44. The Morgan fingerprint density at radius 3 is 2.22 bits per heavy atom. The summed E-state index contributed by atoms with van der Waals surface area (Å²) in [6.45, 7) is 2.03. The van der Waals surface area contributed by atoms with E-state index in [4.69, 9.17) is 9.47 Å². The van der Waals surface area contributed by atoms with Gasteiger partial charge in [-0.3, -0.25) is 0 Å². The second kappa shape index (κ2) is 13.0. The first-order valence-corrected chi connectivity index (χ1v) is 17.3. The number of nitrogens with one attached hydrogen (secondary N) is 2. The summed E-state index contributed by atoms with van der Waals surface area (Å²) in [5.41, 5.74) is 3.41. The van der Waals surface area contributed by atoms with Crippen molar-refractivity contribution in [3.63, 3.8) is 0 Å². The van der Waals surface area contributed by atoms with Gasteiger partial charge in [0, 0.05) is 34.7 Å². The van der Waals surface area contributed by atoms with Gasteiger partial charge >= 0.3 is 12.0 Å². The number of hydrogen-bond donors (Lipinski definition) is 4. The molecule has 46 heavy (non-hydrogen) atoms. The van der Waals surface area contributed by atoms with Crippen molar-refractivity contribution in [2.45, 2.75) is 81.1 Å². The molecule has 2 heterocycles. The van der Waals surface area contributed by atoms with Crippen molar-refractivity contribution in [3.05, 3.63) is 89.1 Å². The highest BCUT2D eigenvalue weighted by Crippen LogP contribution is 2.55. The van der Waals surface area contributed by atoms with Gasteiger partial charge in [-0.2, -0.15) is 0 Å². The maximum absolute atomic E-state index is 13.1. The van der Waals surface area contributed by atoms with E-state index in [-0.39, 0.29) is 41.9 Å². The predicted octanol–water partition coefficient (Wildman–Crippen LogP) is 6.95. The molecule has 2 amide bonds. The number of amides is 2. The van der Waals surface area contributed by atoms with Crippen LogP contribution in [0.15, 0.2) is 71.9 Å². The van der Waals surface area contributed by atoms with E-state index in [1.165, 1.54) is 31.0 Å². The topological polar surface area (TPSA) is 130 Å². The van der Waals surface area contributed by atoms with Crippen LogP contribution in [0.2, 0.25) is 0 Å². The van der Waals surface area contributed by atoms with E-state index in [9.17, 15) is 19.8 Å². The number of aromatic carboxylic acids is 1. The number of urea groups is 1. The number of nitrogens with zero attached hydrogens (tertiary/aromatic N) is 1. The van der Waals surface area contributed by atoms with Crippen molar-refractivity contribution >= 4 is 29.4 Å². The highest BCUT2D eigenvalue weighted by atomic mass is 32.2. The summed E-state index contributed by atoms with van der Waals surface area (Å²) in [6, 6.07) is 18.3. The molecule has 5 fully saturated rings. The van der Waals surface area contributed by atoms with E-state index in [1.807, 2.05) is 48.5 Å². The first-order valence-electron chi connectivity index (χ1n) is 16.3. The summed E-state index contributed by atoms with van der Waals surface area (Å²) < 4.78 is 13.1. The molecule has 10 heteroatoms. The van der Waals surface area contributed by atoms with Crippen molar-refractivity contribution in [2.24, 2.45) is 23.7 Å². The third-order valence-corrected chi connectivity index (χ3v) is 11.5. The number of benzene rings is 2. The second-order valence-corrected chi connectivity index (χ2v) is 14.7. The maximum Gasteiger partial charge on any atom is 0.338 e. The molecular formula is C36H41N3O6S. The van der Waals surface area contributed by atoms with E-state index >= 15 is 0 Å². The Labute approximate surface area is 273 Å². The Morgan fingerprint density at radius 1 is 0.935 bits per heavy atom. The van der Waals surface area contributed by atoms with E-state index in [0.29, 0.717) is 16.5 Å². The van der Waals surface area contributed by atoms with E-state index in [0.717, 1.165) is 53.7 Å². The number of rotatable bonds is 9. The zero-order valence-electron chi connectivity index (χ0n) is 25.9. The third kappa shape index (κ3) is 6.53. The highest BCUT2D eigenvalue weighted by Gasteiger charge is 2.51. The molecule has 4 aliphatic carbocycles. The smallest absolute Gasteiger partial charge is 0.338 e. The molecule has 9 nitrogen and oxygen atoms in total. The molecule has 5 aliphatic rings. The Morgan fingerprint density at radius 2 is 1.59 bits per heavy atom. The SMILES string of the molecule is C[C@H]1[C@@H](CSc2ncccc2C(=O)O)O[C@@H](c2ccc(NC(=O)NC34CC5CC(CC(C5)C3)C4)cc2)O[C@H]1c1ccc(CO)cc1. The lowest BCUT2D eigenvalue weighted by Gasteiger charge is -2.56. The monoisotopic (exact) mass is 643 g/mol. The minimum Gasteiger partial charge on any atom is -0.478 e. The molecule has 1 aromatic heterocycles. The second-order valence-electron chi connectivity index (χ2n) is 13.7. The lowest BCUT2D eigenvalue weighted by atomic mass is 9.53. The van der Waals surface area contributed by atoms with Gasteiger partial charge in [-0.25, -0.2) is 14.6 Å². The van der Waals surface area contributed by atoms with E-state index < -0.39 is 12.3 Å². The van der Waals surface area contributed by atoms with Gasteiger partial charge in [0.1, 0.15) is 5.03 Å². The van der Waals surface area contributed by atoms with Crippen LogP contribution in [0, 0.1) is 23.7 Å². The molecule has 4 atom stereocenters. The van der Waals surface area contributed by atoms with Crippen molar-refractivity contribution in [1.29, 1.82) is 0 Å². The van der Waals surface area contributed by atoms with Crippen LogP contribution in [-0.4, -0.2) is 44.6 Å². The van der Waals surface area contributed by atoms with E-state index in [2.05, 4.69) is 22.5 Å². The van der Waals surface area contributed by atoms with Gasteiger partial charge in [0.2, 0.25) is 0 Å². The molecule has 1 aliphatic heterocycles. The number of carboxylic acids is 1. The number of aromatic nitrogens is 1. The molecule has 4 bridgehead atoms. The average molecular weight is 644 g/mol. The fraction of sp³-hybridized carbons (Fsp3) is 0.472. The normalized spacial score (nSPS) is 31.4. The third-order valence-electron chi connectivity index (χ3n) is 10.4. The molecule has 1 saturated heterocycles. The summed E-state index contributed by atoms with van der Waals surface area (Å²) in [5, 5.41) is 26.0. The minimum atomic E-state index is -1.02. The molecule has 4 N–H and O–H groups in total. The van der Waals surface area contributed by atoms with E-state index in [1.54, 1.807) is 18.3 Å². The summed E-state index contributed by atoms with van der Waals surface area (Å²) in [6.07, 6.45) is 7.61. The highest BCUT2D eigenvalue weighted by molar-refractivity contribution is 7.99. The molecule has 8 rings (SSSR count). The van der Waals surface area contributed by atoms with Crippen molar-refractivity contribution in [1.82, 2.24) is 10.3 Å². The number of aliphatic hydroxyl groups is 1. The number of carboxylic acid groups (broad SMARTS) is 1. The summed E-state index contributed by atoms with van der Waals surface area (Å²) >= 11 is 1.36. The number of carbonyl (C=O) groups excluding carboxylic acids is 1. The molecule has 3 aromatic rings. The van der Waals surface area contributed by atoms with Gasteiger partial charge in [-0.05, 0) is 91.7 Å². The lowest BCUT2D eigenvalue weighted by Crippen LogP contribution is -2.60. The number of carbonyl (C=O) groups is 2. The molecular weight excluding hydrogens is 602 g/mol. The van der Waals surface area contributed by atoms with Crippen LogP contribution in [-0.2, 0) is 16.1 Å². The predicted molar refractivity (Wildman–Crippen MR) is 174 cm³/mol. The van der Waals surface area contributed by atoms with Crippen LogP contribution in [0.4, 0.5) is 10.5 Å². The molecule has 0 spiro atoms. The molecule has 0 unspecified atom stereocenters. The fourth-order valence-corrected chi connectivity index (χ4v) is 9.68. The van der Waals surface area contributed by atoms with Gasteiger partial charge in [-0.1, -0.05) is 43.3 Å². The quantitative estimate of drug-likeness (QED) is 0.185.